The van der Waals surface area contributed by atoms with E-state index in [1.54, 1.807) is 11.8 Å². The van der Waals surface area contributed by atoms with Gasteiger partial charge in [0.1, 0.15) is 5.03 Å². The van der Waals surface area contributed by atoms with E-state index < -0.39 is 0 Å². The first-order valence-corrected chi connectivity index (χ1v) is 7.66. The third-order valence-electron chi connectivity index (χ3n) is 2.84. The van der Waals surface area contributed by atoms with Crippen molar-refractivity contribution in [3.63, 3.8) is 0 Å². The molecular formula is C15H20N2OS. The summed E-state index contributed by atoms with van der Waals surface area (Å²) in [5, 5.41) is 14.6. The molecule has 0 saturated heterocycles. The van der Waals surface area contributed by atoms with Crippen molar-refractivity contribution in [2.45, 2.75) is 24.9 Å². The second kappa shape index (κ2) is 7.48. The summed E-state index contributed by atoms with van der Waals surface area (Å²) in [6.45, 7) is 4.18. The van der Waals surface area contributed by atoms with Gasteiger partial charge in [0.25, 0.3) is 0 Å². The highest BCUT2D eigenvalue weighted by atomic mass is 32.2. The Morgan fingerprint density at radius 1 is 1.32 bits per heavy atom. The van der Waals surface area contributed by atoms with Crippen molar-refractivity contribution in [2.24, 2.45) is 0 Å². The number of pyridine rings is 1. The molecule has 19 heavy (non-hydrogen) atoms. The number of thioether (sulfide) groups is 1. The van der Waals surface area contributed by atoms with Crippen LogP contribution >= 0.6 is 11.8 Å². The highest BCUT2D eigenvalue weighted by Gasteiger charge is 2.07. The van der Waals surface area contributed by atoms with Crippen LogP contribution in [0, 0.1) is 0 Å². The number of hydrogen-bond acceptors (Lipinski definition) is 4. The van der Waals surface area contributed by atoms with Gasteiger partial charge >= 0.3 is 0 Å². The second-order valence-electron chi connectivity index (χ2n) is 4.39. The van der Waals surface area contributed by atoms with E-state index in [9.17, 15) is 0 Å². The number of rotatable bonds is 7. The topological polar surface area (TPSA) is 45.2 Å². The maximum Gasteiger partial charge on any atom is 0.101 e. The summed E-state index contributed by atoms with van der Waals surface area (Å²) in [7, 11) is 0. The standard InChI is InChI=1S/C15H20N2OS/c1-2-7-16-11-13-10-12-5-3-4-6-14(12)17-15(13)19-9-8-18/h3-6,10,16,18H,2,7-9,11H2,1H3. The van der Waals surface area contributed by atoms with E-state index in [0.29, 0.717) is 5.75 Å². The van der Waals surface area contributed by atoms with Gasteiger partial charge in [-0.2, -0.15) is 0 Å². The molecule has 1 heterocycles. The Hall–Kier alpha value is -1.10. The van der Waals surface area contributed by atoms with E-state index in [4.69, 9.17) is 10.1 Å². The molecule has 2 N–H and O–H groups in total. The molecule has 4 heteroatoms. The number of para-hydroxylation sites is 1. The maximum absolute atomic E-state index is 8.98. The third kappa shape index (κ3) is 3.93. The summed E-state index contributed by atoms with van der Waals surface area (Å²) in [6.07, 6.45) is 1.13. The quantitative estimate of drug-likeness (QED) is 0.603. The molecule has 3 nitrogen and oxygen atoms in total. The van der Waals surface area contributed by atoms with Crippen molar-refractivity contribution < 1.29 is 5.11 Å². The molecule has 0 aliphatic carbocycles. The van der Waals surface area contributed by atoms with Gasteiger partial charge in [0.15, 0.2) is 0 Å². The molecular weight excluding hydrogens is 256 g/mol. The summed E-state index contributed by atoms with van der Waals surface area (Å²) in [5.74, 6) is 0.687. The lowest BCUT2D eigenvalue weighted by atomic mass is 10.1. The highest BCUT2D eigenvalue weighted by molar-refractivity contribution is 7.99. The zero-order chi connectivity index (χ0) is 13.5. The fourth-order valence-electron chi connectivity index (χ4n) is 1.94. The van der Waals surface area contributed by atoms with Gasteiger partial charge in [0.2, 0.25) is 0 Å². The molecule has 0 saturated carbocycles. The molecule has 0 atom stereocenters. The van der Waals surface area contributed by atoms with Crippen molar-refractivity contribution in [3.05, 3.63) is 35.9 Å². The molecule has 1 aromatic heterocycles. The molecule has 0 spiro atoms. The first-order valence-electron chi connectivity index (χ1n) is 6.68. The number of nitrogens with one attached hydrogen (secondary N) is 1. The fourth-order valence-corrected chi connectivity index (χ4v) is 2.70. The predicted molar refractivity (Wildman–Crippen MR) is 81.6 cm³/mol. The molecule has 0 fully saturated rings. The summed E-state index contributed by atoms with van der Waals surface area (Å²) >= 11 is 1.62. The van der Waals surface area contributed by atoms with E-state index in [0.717, 1.165) is 30.1 Å². The molecule has 0 unspecified atom stereocenters. The van der Waals surface area contributed by atoms with Gasteiger partial charge in [-0.15, -0.1) is 11.8 Å². The van der Waals surface area contributed by atoms with Crippen LogP contribution < -0.4 is 5.32 Å². The summed E-state index contributed by atoms with van der Waals surface area (Å²) in [6, 6.07) is 10.4. The minimum Gasteiger partial charge on any atom is -0.396 e. The van der Waals surface area contributed by atoms with E-state index in [-0.39, 0.29) is 6.61 Å². The number of aromatic nitrogens is 1. The minimum atomic E-state index is 0.182. The molecule has 102 valence electrons. The Morgan fingerprint density at radius 3 is 2.95 bits per heavy atom. The van der Waals surface area contributed by atoms with Crippen molar-refractivity contribution >= 4 is 22.7 Å². The van der Waals surface area contributed by atoms with Crippen LogP contribution in [0.5, 0.6) is 0 Å². The Labute approximate surface area is 118 Å². The number of aliphatic hydroxyl groups is 1. The van der Waals surface area contributed by atoms with Crippen LogP contribution in [0.15, 0.2) is 35.4 Å². The number of hydrogen-bond donors (Lipinski definition) is 2. The molecule has 0 radical (unpaired) electrons. The van der Waals surface area contributed by atoms with E-state index in [1.165, 1.54) is 10.9 Å². The van der Waals surface area contributed by atoms with Gasteiger partial charge in [0.05, 0.1) is 12.1 Å². The molecule has 0 amide bonds. The molecule has 1 aromatic carbocycles. The van der Waals surface area contributed by atoms with Crippen molar-refractivity contribution in [3.8, 4) is 0 Å². The SMILES string of the molecule is CCCNCc1cc2ccccc2nc1SCCO. The van der Waals surface area contributed by atoms with Gasteiger partial charge < -0.3 is 10.4 Å². The average Bonchev–Trinajstić information content (AvgIpc) is 2.45. The van der Waals surface area contributed by atoms with Gasteiger partial charge in [0, 0.05) is 17.7 Å². The van der Waals surface area contributed by atoms with Crippen molar-refractivity contribution in [2.75, 3.05) is 18.9 Å². The Balaban J connectivity index is 2.27. The van der Waals surface area contributed by atoms with Crippen LogP contribution in [-0.2, 0) is 6.54 Å². The zero-order valence-electron chi connectivity index (χ0n) is 11.2. The minimum absolute atomic E-state index is 0.182. The zero-order valence-corrected chi connectivity index (χ0v) is 12.0. The maximum atomic E-state index is 8.98. The first kappa shape index (κ1) is 14.3. The number of fused-ring (bicyclic) bond motifs is 1. The van der Waals surface area contributed by atoms with Crippen LogP contribution in [0.2, 0.25) is 0 Å². The first-order chi connectivity index (χ1) is 9.35. The largest absolute Gasteiger partial charge is 0.396 e. The van der Waals surface area contributed by atoms with Crippen LogP contribution in [0.3, 0.4) is 0 Å². The fraction of sp³-hybridized carbons (Fsp3) is 0.400. The van der Waals surface area contributed by atoms with Gasteiger partial charge in [-0.05, 0) is 30.7 Å². The van der Waals surface area contributed by atoms with Gasteiger partial charge in [-0.3, -0.25) is 0 Å². The van der Waals surface area contributed by atoms with Crippen molar-refractivity contribution in [1.29, 1.82) is 0 Å². The Bertz CT molecular complexity index is 531. The summed E-state index contributed by atoms with van der Waals surface area (Å²) in [5.41, 5.74) is 2.23. The third-order valence-corrected chi connectivity index (χ3v) is 3.85. The van der Waals surface area contributed by atoms with Crippen LogP contribution in [0.4, 0.5) is 0 Å². The number of aliphatic hydroxyl groups excluding tert-OH is 1. The van der Waals surface area contributed by atoms with Crippen molar-refractivity contribution in [1.82, 2.24) is 10.3 Å². The Kier molecular flexibility index (Phi) is 5.63. The van der Waals surface area contributed by atoms with Crippen LogP contribution in [0.25, 0.3) is 10.9 Å². The average molecular weight is 276 g/mol. The van der Waals surface area contributed by atoms with Gasteiger partial charge in [-0.25, -0.2) is 4.98 Å². The summed E-state index contributed by atoms with van der Waals surface area (Å²) < 4.78 is 0. The summed E-state index contributed by atoms with van der Waals surface area (Å²) in [4.78, 5) is 4.70. The van der Waals surface area contributed by atoms with Gasteiger partial charge in [-0.1, -0.05) is 25.1 Å². The molecule has 0 aliphatic rings. The number of nitrogens with zero attached hydrogens (tertiary/aromatic N) is 1. The molecule has 0 aliphatic heterocycles. The van der Waals surface area contributed by atoms with Crippen LogP contribution in [0.1, 0.15) is 18.9 Å². The molecule has 2 rings (SSSR count). The molecule has 0 bridgehead atoms. The predicted octanol–water partition coefficient (Wildman–Crippen LogP) is 2.82. The lowest BCUT2D eigenvalue weighted by molar-refractivity contribution is 0.322. The lowest BCUT2D eigenvalue weighted by Crippen LogP contribution is -2.15. The van der Waals surface area contributed by atoms with E-state index in [1.807, 2.05) is 18.2 Å². The lowest BCUT2D eigenvalue weighted by Gasteiger charge is -2.10. The molecule has 2 aromatic rings. The van der Waals surface area contributed by atoms with E-state index >= 15 is 0 Å². The number of benzene rings is 1. The van der Waals surface area contributed by atoms with Crippen LogP contribution in [-0.4, -0.2) is 29.0 Å². The second-order valence-corrected chi connectivity index (χ2v) is 5.48. The highest BCUT2D eigenvalue weighted by Crippen LogP contribution is 2.24. The Morgan fingerprint density at radius 2 is 2.16 bits per heavy atom. The monoisotopic (exact) mass is 276 g/mol. The smallest absolute Gasteiger partial charge is 0.101 e. The normalized spacial score (nSPS) is 11.1. The van der Waals surface area contributed by atoms with E-state index in [2.05, 4.69) is 24.4 Å².